The van der Waals surface area contributed by atoms with Gasteiger partial charge in [-0.3, -0.25) is 14.9 Å². The summed E-state index contributed by atoms with van der Waals surface area (Å²) in [5.41, 5.74) is 0.836. The minimum absolute atomic E-state index is 0.118. The molecule has 0 spiro atoms. The van der Waals surface area contributed by atoms with Crippen LogP contribution in [0.1, 0.15) is 16.1 Å². The van der Waals surface area contributed by atoms with Crippen LogP contribution in [-0.4, -0.2) is 68.3 Å². The molecule has 4 amide bonds. The van der Waals surface area contributed by atoms with Crippen molar-refractivity contribution in [2.75, 3.05) is 19.6 Å². The van der Waals surface area contributed by atoms with Gasteiger partial charge < -0.3 is 9.80 Å². The first-order chi connectivity index (χ1) is 12.5. The Morgan fingerprint density at radius 2 is 2.15 bits per heavy atom. The van der Waals surface area contributed by atoms with E-state index in [9.17, 15) is 18.8 Å². The van der Waals surface area contributed by atoms with Crippen LogP contribution in [0.4, 0.5) is 9.18 Å². The number of benzene rings is 1. The molecule has 134 valence electrons. The lowest BCUT2D eigenvalue weighted by Gasteiger charge is -2.34. The van der Waals surface area contributed by atoms with Gasteiger partial charge in [0.05, 0.1) is 19.3 Å². The number of fused-ring (bicyclic) bond motifs is 1. The predicted octanol–water partition coefficient (Wildman–Crippen LogP) is -0.158. The minimum Gasteiger partial charge on any atom is -0.333 e. The normalized spacial score (nSPS) is 19.5. The molecule has 1 aromatic heterocycles. The Hall–Kier alpha value is -3.30. The van der Waals surface area contributed by atoms with Gasteiger partial charge in [0.2, 0.25) is 0 Å². The molecular formula is C16H15FN6O3. The number of carbonyl (C=O) groups excluding carboxylic acids is 3. The highest BCUT2D eigenvalue weighted by atomic mass is 19.1. The second-order valence-corrected chi connectivity index (χ2v) is 6.19. The molecule has 0 radical (unpaired) electrons. The molecule has 0 saturated carbocycles. The number of halogens is 1. The molecule has 10 heteroatoms. The topological polar surface area (TPSA) is 100 Å². The molecule has 9 nitrogen and oxygen atoms in total. The third-order valence-corrected chi connectivity index (χ3v) is 4.45. The van der Waals surface area contributed by atoms with Gasteiger partial charge in [0.15, 0.2) is 5.69 Å². The molecule has 3 heterocycles. The van der Waals surface area contributed by atoms with Gasteiger partial charge in [0, 0.05) is 13.1 Å². The number of aromatic nitrogens is 3. The first-order valence-electron chi connectivity index (χ1n) is 8.06. The van der Waals surface area contributed by atoms with Crippen molar-refractivity contribution < 1.29 is 18.8 Å². The van der Waals surface area contributed by atoms with Gasteiger partial charge in [-0.05, 0) is 17.7 Å². The Morgan fingerprint density at radius 1 is 1.31 bits per heavy atom. The largest absolute Gasteiger partial charge is 0.333 e. The van der Waals surface area contributed by atoms with Crippen LogP contribution in [0, 0.1) is 5.82 Å². The predicted molar refractivity (Wildman–Crippen MR) is 85.5 cm³/mol. The number of carbonyl (C=O) groups is 3. The van der Waals surface area contributed by atoms with E-state index in [0.717, 1.165) is 0 Å². The molecule has 2 aliphatic heterocycles. The fourth-order valence-electron chi connectivity index (χ4n) is 3.15. The molecule has 1 atom stereocenters. The lowest BCUT2D eigenvalue weighted by atomic mass is 10.2. The molecule has 4 rings (SSSR count). The Morgan fingerprint density at radius 3 is 2.96 bits per heavy atom. The highest BCUT2D eigenvalue weighted by molar-refractivity contribution is 6.05. The summed E-state index contributed by atoms with van der Waals surface area (Å²) in [5.74, 6) is -1.11. The number of nitrogens with zero attached hydrogens (tertiary/aromatic N) is 5. The Bertz CT molecular complexity index is 898. The summed E-state index contributed by atoms with van der Waals surface area (Å²) in [6.45, 7) is 0.997. The van der Waals surface area contributed by atoms with E-state index in [-0.39, 0.29) is 37.1 Å². The number of rotatable bonds is 3. The number of nitrogens with one attached hydrogen (secondary N) is 1. The van der Waals surface area contributed by atoms with Crippen LogP contribution in [0.15, 0.2) is 30.5 Å². The molecule has 2 saturated heterocycles. The second-order valence-electron chi connectivity index (χ2n) is 6.19. The monoisotopic (exact) mass is 358 g/mol. The smallest absolute Gasteiger partial charge is 0.324 e. The van der Waals surface area contributed by atoms with Crippen LogP contribution in [-0.2, 0) is 11.3 Å². The van der Waals surface area contributed by atoms with Crippen LogP contribution < -0.4 is 5.32 Å². The molecule has 1 aromatic carbocycles. The summed E-state index contributed by atoms with van der Waals surface area (Å²) in [6.07, 6.45) is 1.49. The summed E-state index contributed by atoms with van der Waals surface area (Å²) in [5, 5.41) is 10.0. The van der Waals surface area contributed by atoms with Crippen LogP contribution in [0.3, 0.4) is 0 Å². The summed E-state index contributed by atoms with van der Waals surface area (Å²) in [6, 6.07) is 5.00. The second kappa shape index (κ2) is 6.21. The highest BCUT2D eigenvalue weighted by Gasteiger charge is 2.43. The maximum absolute atomic E-state index is 13.2. The zero-order chi connectivity index (χ0) is 18.3. The lowest BCUT2D eigenvalue weighted by molar-refractivity contribution is -0.122. The van der Waals surface area contributed by atoms with Crippen molar-refractivity contribution in [2.45, 2.75) is 12.6 Å². The molecular weight excluding hydrogens is 343 g/mol. The number of amides is 4. The van der Waals surface area contributed by atoms with Gasteiger partial charge in [-0.15, -0.1) is 5.10 Å². The zero-order valence-electron chi connectivity index (χ0n) is 13.6. The van der Waals surface area contributed by atoms with Crippen LogP contribution in [0.5, 0.6) is 0 Å². The van der Waals surface area contributed by atoms with Crippen LogP contribution >= 0.6 is 0 Å². The molecule has 2 aromatic rings. The molecule has 1 N–H and O–H groups in total. The van der Waals surface area contributed by atoms with E-state index < -0.39 is 18.0 Å². The van der Waals surface area contributed by atoms with E-state index in [4.69, 9.17) is 0 Å². The van der Waals surface area contributed by atoms with Gasteiger partial charge >= 0.3 is 6.03 Å². The summed E-state index contributed by atoms with van der Waals surface area (Å²) in [4.78, 5) is 38.9. The number of piperazine rings is 1. The molecule has 1 unspecified atom stereocenters. The Balaban J connectivity index is 1.45. The first-order valence-corrected chi connectivity index (χ1v) is 8.06. The quantitative estimate of drug-likeness (QED) is 0.769. The maximum Gasteiger partial charge on any atom is 0.324 e. The Kier molecular flexibility index (Phi) is 3.86. The average molecular weight is 358 g/mol. The molecule has 26 heavy (non-hydrogen) atoms. The van der Waals surface area contributed by atoms with E-state index in [0.29, 0.717) is 12.1 Å². The van der Waals surface area contributed by atoms with Crippen molar-refractivity contribution in [2.24, 2.45) is 0 Å². The highest BCUT2D eigenvalue weighted by Crippen LogP contribution is 2.17. The lowest BCUT2D eigenvalue weighted by Crippen LogP contribution is -2.54. The third kappa shape index (κ3) is 2.89. The van der Waals surface area contributed by atoms with E-state index in [2.05, 4.69) is 15.6 Å². The zero-order valence-corrected chi connectivity index (χ0v) is 13.6. The average Bonchev–Trinajstić information content (AvgIpc) is 3.19. The van der Waals surface area contributed by atoms with Crippen molar-refractivity contribution in [1.29, 1.82) is 0 Å². The number of imide groups is 1. The van der Waals surface area contributed by atoms with Crippen LogP contribution in [0.2, 0.25) is 0 Å². The van der Waals surface area contributed by atoms with Gasteiger partial charge in [-0.1, -0.05) is 17.3 Å². The minimum atomic E-state index is -0.664. The standard InChI is InChI=1S/C16H15FN6O3/c17-11-3-1-2-10(6-11)7-22-8-12(19-20-22)15(25)21-4-5-23-13(9-21)14(24)18-16(23)26/h1-3,6,8,13H,4-5,7,9H2,(H,18,24,26). The fourth-order valence-corrected chi connectivity index (χ4v) is 3.15. The molecule has 2 aliphatic rings. The van der Waals surface area contributed by atoms with Crippen molar-refractivity contribution >= 4 is 17.8 Å². The van der Waals surface area contributed by atoms with Gasteiger partial charge in [-0.2, -0.15) is 0 Å². The van der Waals surface area contributed by atoms with Crippen LogP contribution in [0.25, 0.3) is 0 Å². The first kappa shape index (κ1) is 16.2. The number of urea groups is 1. The summed E-state index contributed by atoms with van der Waals surface area (Å²) in [7, 11) is 0. The van der Waals surface area contributed by atoms with E-state index in [1.165, 1.54) is 32.8 Å². The number of hydrogen-bond acceptors (Lipinski definition) is 5. The van der Waals surface area contributed by atoms with E-state index in [1.807, 2.05) is 0 Å². The van der Waals surface area contributed by atoms with E-state index in [1.54, 1.807) is 12.1 Å². The van der Waals surface area contributed by atoms with Gasteiger partial charge in [0.1, 0.15) is 11.9 Å². The van der Waals surface area contributed by atoms with Gasteiger partial charge in [-0.25, -0.2) is 13.9 Å². The maximum atomic E-state index is 13.2. The molecule has 0 aliphatic carbocycles. The molecule has 0 bridgehead atoms. The van der Waals surface area contributed by atoms with Crippen molar-refractivity contribution in [3.63, 3.8) is 0 Å². The van der Waals surface area contributed by atoms with E-state index >= 15 is 0 Å². The number of hydrogen-bond donors (Lipinski definition) is 1. The van der Waals surface area contributed by atoms with Crippen molar-refractivity contribution in [1.82, 2.24) is 30.1 Å². The summed E-state index contributed by atoms with van der Waals surface area (Å²) >= 11 is 0. The summed E-state index contributed by atoms with van der Waals surface area (Å²) < 4.78 is 14.7. The van der Waals surface area contributed by atoms with Gasteiger partial charge in [0.25, 0.3) is 11.8 Å². The van der Waals surface area contributed by atoms with Crippen molar-refractivity contribution in [3.05, 3.63) is 47.5 Å². The SMILES string of the molecule is O=C1NC(=O)N2CCN(C(=O)c3cn(Cc4cccc(F)c4)nn3)CC12. The fraction of sp³-hybridized carbons (Fsp3) is 0.312. The Labute approximate surface area is 147 Å². The third-order valence-electron chi connectivity index (χ3n) is 4.45. The molecule has 2 fully saturated rings. The van der Waals surface area contributed by atoms with Crippen molar-refractivity contribution in [3.8, 4) is 0 Å².